The molecule has 0 atom stereocenters. The van der Waals surface area contributed by atoms with Crippen LogP contribution < -0.4 is 5.32 Å². The second-order valence-electron chi connectivity index (χ2n) is 4.86. The highest BCUT2D eigenvalue weighted by molar-refractivity contribution is 7.09. The Bertz CT molecular complexity index is 326. The van der Waals surface area contributed by atoms with Gasteiger partial charge in [-0.1, -0.05) is 26.2 Å². The van der Waals surface area contributed by atoms with Crippen molar-refractivity contribution in [2.75, 3.05) is 6.54 Å². The van der Waals surface area contributed by atoms with Gasteiger partial charge in [0.15, 0.2) is 0 Å². The van der Waals surface area contributed by atoms with Crippen molar-refractivity contribution in [2.45, 2.75) is 57.9 Å². The third-order valence-electron chi connectivity index (χ3n) is 3.45. The zero-order valence-electron chi connectivity index (χ0n) is 10.4. The number of rotatable bonds is 4. The van der Waals surface area contributed by atoms with Gasteiger partial charge in [-0.2, -0.15) is 0 Å². The normalized spacial score (nSPS) is 19.9. The van der Waals surface area contributed by atoms with E-state index in [0.717, 1.165) is 6.54 Å². The summed E-state index contributed by atoms with van der Waals surface area (Å²) in [5.41, 5.74) is 1.37. The van der Waals surface area contributed by atoms with Crippen LogP contribution in [0.3, 0.4) is 0 Å². The Kier molecular flexibility index (Phi) is 3.98. The van der Waals surface area contributed by atoms with Crippen LogP contribution >= 0.6 is 11.3 Å². The molecule has 2 rings (SSSR count). The number of nitrogens with one attached hydrogen (secondary N) is 1. The van der Waals surface area contributed by atoms with Crippen LogP contribution in [0.2, 0.25) is 0 Å². The molecule has 2 nitrogen and oxygen atoms in total. The highest BCUT2D eigenvalue weighted by atomic mass is 32.1. The van der Waals surface area contributed by atoms with Gasteiger partial charge in [0.05, 0.1) is 5.54 Å². The molecule has 0 amide bonds. The van der Waals surface area contributed by atoms with Crippen LogP contribution in [0.5, 0.6) is 0 Å². The summed E-state index contributed by atoms with van der Waals surface area (Å²) in [5.74, 6) is 0. The van der Waals surface area contributed by atoms with Gasteiger partial charge in [0.2, 0.25) is 0 Å². The maximum absolute atomic E-state index is 4.72. The lowest BCUT2D eigenvalue weighted by molar-refractivity contribution is 0.233. The summed E-state index contributed by atoms with van der Waals surface area (Å²) < 4.78 is 0. The molecule has 1 heterocycles. The lowest BCUT2D eigenvalue weighted by atomic mass is 9.82. The van der Waals surface area contributed by atoms with E-state index in [9.17, 15) is 0 Å². The first-order chi connectivity index (χ1) is 7.77. The molecule has 0 aromatic carbocycles. The molecule has 0 unspecified atom stereocenters. The van der Waals surface area contributed by atoms with Gasteiger partial charge in [-0.05, 0) is 32.7 Å². The number of nitrogens with zero attached hydrogens (tertiary/aromatic N) is 1. The number of thiazole rings is 1. The van der Waals surface area contributed by atoms with Crippen molar-refractivity contribution in [1.82, 2.24) is 10.3 Å². The molecule has 0 aliphatic heterocycles. The number of aromatic nitrogens is 1. The average Bonchev–Trinajstić information content (AvgIpc) is 2.75. The minimum absolute atomic E-state index is 0.202. The van der Waals surface area contributed by atoms with Crippen molar-refractivity contribution in [2.24, 2.45) is 0 Å². The van der Waals surface area contributed by atoms with Crippen molar-refractivity contribution in [3.63, 3.8) is 0 Å². The molecule has 90 valence electrons. The molecular formula is C13H22N2S. The van der Waals surface area contributed by atoms with E-state index in [1.165, 1.54) is 49.2 Å². The molecular weight excluding hydrogens is 216 g/mol. The predicted octanol–water partition coefficient (Wildman–Crippen LogP) is 3.61. The SMILES string of the molecule is CCCNC1(c2nc(C)cs2)CCCCC1. The predicted molar refractivity (Wildman–Crippen MR) is 69.9 cm³/mol. The van der Waals surface area contributed by atoms with E-state index in [4.69, 9.17) is 4.98 Å². The fraction of sp³-hybridized carbons (Fsp3) is 0.769. The lowest BCUT2D eigenvalue weighted by Gasteiger charge is -2.36. The molecule has 16 heavy (non-hydrogen) atoms. The third kappa shape index (κ3) is 2.46. The van der Waals surface area contributed by atoms with Crippen LogP contribution in [0.4, 0.5) is 0 Å². The van der Waals surface area contributed by atoms with Crippen LogP contribution in [0.15, 0.2) is 5.38 Å². The minimum Gasteiger partial charge on any atom is -0.305 e. The first-order valence-electron chi connectivity index (χ1n) is 6.44. The van der Waals surface area contributed by atoms with E-state index in [0.29, 0.717) is 0 Å². The van der Waals surface area contributed by atoms with Gasteiger partial charge >= 0.3 is 0 Å². The van der Waals surface area contributed by atoms with Crippen molar-refractivity contribution < 1.29 is 0 Å². The van der Waals surface area contributed by atoms with Gasteiger partial charge in [-0.25, -0.2) is 4.98 Å². The Balaban J connectivity index is 2.18. The molecule has 1 aromatic heterocycles. The van der Waals surface area contributed by atoms with Crippen LogP contribution in [0, 0.1) is 6.92 Å². The van der Waals surface area contributed by atoms with E-state index in [1.54, 1.807) is 0 Å². The Morgan fingerprint density at radius 1 is 1.38 bits per heavy atom. The molecule has 0 radical (unpaired) electrons. The molecule has 1 fully saturated rings. The topological polar surface area (TPSA) is 24.9 Å². The molecule has 0 bridgehead atoms. The molecule has 1 aliphatic rings. The van der Waals surface area contributed by atoms with E-state index in [1.807, 2.05) is 11.3 Å². The van der Waals surface area contributed by atoms with Gasteiger partial charge in [0, 0.05) is 11.1 Å². The van der Waals surface area contributed by atoms with Crippen molar-refractivity contribution >= 4 is 11.3 Å². The van der Waals surface area contributed by atoms with Crippen LogP contribution in [0.25, 0.3) is 0 Å². The Labute approximate surface area is 102 Å². The van der Waals surface area contributed by atoms with Gasteiger partial charge < -0.3 is 5.32 Å². The number of hydrogen-bond donors (Lipinski definition) is 1. The molecule has 1 saturated carbocycles. The summed E-state index contributed by atoms with van der Waals surface area (Å²) in [6.45, 7) is 5.44. The summed E-state index contributed by atoms with van der Waals surface area (Å²) in [5, 5.41) is 7.26. The van der Waals surface area contributed by atoms with Gasteiger partial charge in [-0.15, -0.1) is 11.3 Å². The van der Waals surface area contributed by atoms with Crippen molar-refractivity contribution in [3.8, 4) is 0 Å². The molecule has 0 saturated heterocycles. The second kappa shape index (κ2) is 5.28. The zero-order chi connectivity index (χ0) is 11.4. The molecule has 0 spiro atoms. The second-order valence-corrected chi connectivity index (χ2v) is 5.72. The summed E-state index contributed by atoms with van der Waals surface area (Å²) in [7, 11) is 0. The molecule has 1 N–H and O–H groups in total. The van der Waals surface area contributed by atoms with Crippen LogP contribution in [0.1, 0.15) is 56.2 Å². The summed E-state index contributed by atoms with van der Waals surface area (Å²) >= 11 is 1.83. The highest BCUT2D eigenvalue weighted by Gasteiger charge is 2.35. The molecule has 1 aliphatic carbocycles. The van der Waals surface area contributed by atoms with E-state index >= 15 is 0 Å². The van der Waals surface area contributed by atoms with Crippen LogP contribution in [-0.2, 0) is 5.54 Å². The Hall–Kier alpha value is -0.410. The summed E-state index contributed by atoms with van der Waals surface area (Å²) in [6, 6.07) is 0. The lowest BCUT2D eigenvalue weighted by Crippen LogP contribution is -2.44. The quantitative estimate of drug-likeness (QED) is 0.866. The maximum atomic E-state index is 4.72. The first kappa shape index (κ1) is 12.1. The fourth-order valence-electron chi connectivity index (χ4n) is 2.56. The van der Waals surface area contributed by atoms with E-state index < -0.39 is 0 Å². The largest absolute Gasteiger partial charge is 0.305 e. The monoisotopic (exact) mass is 238 g/mol. The minimum atomic E-state index is 0.202. The highest BCUT2D eigenvalue weighted by Crippen LogP contribution is 2.38. The fourth-order valence-corrected chi connectivity index (χ4v) is 3.59. The standard InChI is InChI=1S/C13H22N2S/c1-3-9-14-13(7-5-4-6-8-13)12-15-11(2)10-16-12/h10,14H,3-9H2,1-2H3. The Morgan fingerprint density at radius 2 is 2.12 bits per heavy atom. The van der Waals surface area contributed by atoms with Crippen molar-refractivity contribution in [1.29, 1.82) is 0 Å². The maximum Gasteiger partial charge on any atom is 0.113 e. The summed E-state index contributed by atoms with van der Waals surface area (Å²) in [4.78, 5) is 4.72. The smallest absolute Gasteiger partial charge is 0.113 e. The van der Waals surface area contributed by atoms with Gasteiger partial charge in [0.25, 0.3) is 0 Å². The number of aryl methyl sites for hydroxylation is 1. The number of hydrogen-bond acceptors (Lipinski definition) is 3. The Morgan fingerprint density at radius 3 is 2.69 bits per heavy atom. The molecule has 3 heteroatoms. The van der Waals surface area contributed by atoms with Gasteiger partial charge in [-0.3, -0.25) is 0 Å². The third-order valence-corrected chi connectivity index (χ3v) is 4.61. The van der Waals surface area contributed by atoms with Gasteiger partial charge in [0.1, 0.15) is 5.01 Å². The van der Waals surface area contributed by atoms with E-state index in [2.05, 4.69) is 24.5 Å². The summed E-state index contributed by atoms with van der Waals surface area (Å²) in [6.07, 6.45) is 7.80. The van der Waals surface area contributed by atoms with E-state index in [-0.39, 0.29) is 5.54 Å². The molecule has 1 aromatic rings. The zero-order valence-corrected chi connectivity index (χ0v) is 11.2. The first-order valence-corrected chi connectivity index (χ1v) is 7.32. The average molecular weight is 238 g/mol. The van der Waals surface area contributed by atoms with Crippen LogP contribution in [-0.4, -0.2) is 11.5 Å². The van der Waals surface area contributed by atoms with Crippen molar-refractivity contribution in [3.05, 3.63) is 16.1 Å².